The first-order chi connectivity index (χ1) is 46.1. The van der Waals surface area contributed by atoms with E-state index in [9.17, 15) is 53.4 Å². The number of Topliss-reactive ketones (excluding diaryl/α,β-unsaturated/α-hetero) is 3. The molecule has 0 unspecified atom stereocenters. The minimum absolute atomic E-state index is 0.0756. The van der Waals surface area contributed by atoms with Gasteiger partial charge in [0.1, 0.15) is 11.0 Å². The van der Waals surface area contributed by atoms with Gasteiger partial charge in [-0.3, -0.25) is 49.0 Å². The third-order valence-corrected chi connectivity index (χ3v) is 17.5. The Morgan fingerprint density at radius 3 is 1.36 bits per heavy atom. The van der Waals surface area contributed by atoms with Gasteiger partial charge in [-0.05, 0) is 134 Å². The Balaban J connectivity index is 0.000000146. The first kappa shape index (κ1) is 66.0. The molecule has 7 aromatic heterocycles. The average Bonchev–Trinajstić information content (AvgIpc) is 1.62. The van der Waals surface area contributed by atoms with Crippen LogP contribution in [0.1, 0.15) is 99.5 Å². The number of ketones is 3. The second kappa shape index (κ2) is 27.6. The summed E-state index contributed by atoms with van der Waals surface area (Å²) in [5, 5.41) is 26.5. The molecule has 482 valence electrons. The van der Waals surface area contributed by atoms with Gasteiger partial charge in [-0.2, -0.15) is 0 Å². The molecule has 0 saturated heterocycles. The van der Waals surface area contributed by atoms with Gasteiger partial charge in [0.15, 0.2) is 17.3 Å². The van der Waals surface area contributed by atoms with Crippen LogP contribution in [-0.2, 0) is 32.5 Å². The molecular weight excluding hydrogens is 1260 g/mol. The van der Waals surface area contributed by atoms with E-state index in [-0.39, 0.29) is 69.7 Å². The Labute approximate surface area is 556 Å². The smallest absolute Gasteiger partial charge is 0.269 e. The lowest BCUT2D eigenvalue weighted by molar-refractivity contribution is -0.385. The third-order valence-electron chi connectivity index (χ3n) is 16.8. The largest absolute Gasteiger partial charge is 0.333 e. The van der Waals surface area contributed by atoms with Crippen molar-refractivity contribution in [3.05, 3.63) is 294 Å². The van der Waals surface area contributed by atoms with Crippen LogP contribution in [0.4, 0.5) is 15.8 Å². The van der Waals surface area contributed by atoms with Crippen LogP contribution in [0.5, 0.6) is 0 Å². The number of fused-ring (bicyclic) bond motifs is 4. The molecule has 0 aliphatic carbocycles. The van der Waals surface area contributed by atoms with E-state index in [1.165, 1.54) is 51.2 Å². The fraction of sp³-hybridized carbons (Fsp3) is 0.149. The predicted molar refractivity (Wildman–Crippen MR) is 373 cm³/mol. The Morgan fingerprint density at radius 2 is 0.917 bits per heavy atom. The highest BCUT2D eigenvalue weighted by atomic mass is 35.5. The number of halogens is 3. The summed E-state index contributed by atoms with van der Waals surface area (Å²) in [6, 6.07) is 45.1. The second-order valence-electron chi connectivity index (χ2n) is 23.0. The summed E-state index contributed by atoms with van der Waals surface area (Å²) in [7, 11) is 0. The number of H-pyrrole nitrogens is 3. The SMILES string of the molecule is CC(=O)c1c(-c2ccc[nH]c2=O)c2cc(C)ccc2n1Cc1cc2ccccc2nc1Cl.CCc1ccc2c(c1)c(-c1ccc[nH]c1=O)c(C(C)=O)n2Cc1cc([N+](=O)[O-])ccc1Cl.CCc1ccc2c(c1)c(-c1ccc[nH]c1=O)c(C(C)=O)n2Cc1cc([N+](=O)[O-])ccc1F. The van der Waals surface area contributed by atoms with Crippen molar-refractivity contribution in [2.24, 2.45) is 0 Å². The number of benzene rings is 6. The number of para-hydroxylation sites is 1. The number of non-ortho nitro benzene ring substituents is 2. The zero-order chi connectivity index (χ0) is 68.4. The van der Waals surface area contributed by atoms with Crippen molar-refractivity contribution in [3.8, 4) is 33.4 Å². The highest BCUT2D eigenvalue weighted by Gasteiger charge is 2.28. The number of rotatable bonds is 16. The number of nitrogens with one attached hydrogen (secondary N) is 3. The maximum Gasteiger partial charge on any atom is 0.269 e. The first-order valence-corrected chi connectivity index (χ1v) is 31.2. The number of pyridine rings is 4. The molecule has 0 saturated carbocycles. The lowest BCUT2D eigenvalue weighted by Gasteiger charge is -2.12. The van der Waals surface area contributed by atoms with Crippen LogP contribution in [-0.4, -0.2) is 60.8 Å². The molecule has 13 aromatic rings. The van der Waals surface area contributed by atoms with Gasteiger partial charge in [-0.15, -0.1) is 0 Å². The molecule has 3 N–H and O–H groups in total. The van der Waals surface area contributed by atoms with E-state index in [1.54, 1.807) is 57.9 Å². The normalized spacial score (nSPS) is 11.2. The Kier molecular flexibility index (Phi) is 19.0. The monoisotopic (exact) mass is 1320 g/mol. The number of aryl methyl sites for hydroxylation is 3. The molecule has 0 spiro atoms. The summed E-state index contributed by atoms with van der Waals surface area (Å²) in [6.45, 7) is 10.8. The Bertz CT molecular complexity index is 5310. The summed E-state index contributed by atoms with van der Waals surface area (Å²) >= 11 is 12.9. The highest BCUT2D eigenvalue weighted by molar-refractivity contribution is 6.31. The molecule has 0 amide bonds. The molecule has 0 bridgehead atoms. The number of nitro benzene ring substituents is 2. The lowest BCUT2D eigenvalue weighted by Crippen LogP contribution is -2.13. The fourth-order valence-electron chi connectivity index (χ4n) is 12.3. The average molecular weight is 1330 g/mol. The molecule has 96 heavy (non-hydrogen) atoms. The van der Waals surface area contributed by atoms with E-state index >= 15 is 0 Å². The van der Waals surface area contributed by atoms with Crippen LogP contribution >= 0.6 is 23.2 Å². The van der Waals surface area contributed by atoms with Gasteiger partial charge in [0.25, 0.3) is 28.1 Å². The molecule has 0 aliphatic rings. The maximum atomic E-state index is 14.6. The number of nitrogens with zero attached hydrogens (tertiary/aromatic N) is 6. The van der Waals surface area contributed by atoms with Crippen LogP contribution in [0.3, 0.4) is 0 Å². The van der Waals surface area contributed by atoms with Crippen molar-refractivity contribution in [1.29, 1.82) is 0 Å². The van der Waals surface area contributed by atoms with E-state index in [4.69, 9.17) is 23.2 Å². The van der Waals surface area contributed by atoms with Gasteiger partial charge < -0.3 is 28.7 Å². The van der Waals surface area contributed by atoms with Crippen LogP contribution < -0.4 is 16.7 Å². The minimum Gasteiger partial charge on any atom is -0.333 e. The molecule has 0 radical (unpaired) electrons. The molecular formula is C74H60Cl2FN9O10. The zero-order valence-electron chi connectivity index (χ0n) is 52.7. The van der Waals surface area contributed by atoms with Crippen LogP contribution in [0.15, 0.2) is 191 Å². The van der Waals surface area contributed by atoms with E-state index in [0.29, 0.717) is 78.0 Å². The number of hydrogen-bond donors (Lipinski definition) is 3. The number of nitro groups is 2. The molecule has 13 rings (SSSR count). The molecule has 22 heteroatoms. The quantitative estimate of drug-likeness (QED) is 0.0354. The van der Waals surface area contributed by atoms with Gasteiger partial charge in [-0.25, -0.2) is 9.37 Å². The summed E-state index contributed by atoms with van der Waals surface area (Å²) in [4.78, 5) is 111. The summed E-state index contributed by atoms with van der Waals surface area (Å²) in [5.74, 6) is -1.26. The molecule has 0 fully saturated rings. The standard InChI is InChI=1S/C26H20ClN3O2.C24H20ClN3O4.C24H20FN3O4/c1-15-9-10-22-20(12-15)23(19-7-5-11-28-26(19)32)24(16(2)31)30(22)14-18-13-17-6-3-4-8-21(17)29-25(18)27;2*1-3-15-6-9-21-19(11-15)22(18-5-4-10-26-24(18)30)23(14(2)29)27(21)13-16-12-17(28(31)32)7-8-20(16)25/h3-13H,14H2,1-2H3,(H,28,32);2*4-12H,3,13H2,1-2H3,(H,26,30). The molecule has 7 heterocycles. The maximum absolute atomic E-state index is 14.6. The zero-order valence-corrected chi connectivity index (χ0v) is 54.2. The minimum atomic E-state index is -0.615. The Morgan fingerprint density at radius 1 is 0.500 bits per heavy atom. The number of hydrogen-bond acceptors (Lipinski definition) is 11. The third kappa shape index (κ3) is 13.0. The van der Waals surface area contributed by atoms with Crippen molar-refractivity contribution in [1.82, 2.24) is 33.6 Å². The molecule has 6 aromatic carbocycles. The van der Waals surface area contributed by atoms with Crippen molar-refractivity contribution < 1.29 is 28.6 Å². The summed E-state index contributed by atoms with van der Waals surface area (Å²) in [6.07, 6.45) is 6.18. The lowest BCUT2D eigenvalue weighted by atomic mass is 10.00. The molecule has 19 nitrogen and oxygen atoms in total. The number of aromatic nitrogens is 7. The molecule has 0 aliphatic heterocycles. The van der Waals surface area contributed by atoms with Crippen LogP contribution in [0.25, 0.3) is 77.0 Å². The van der Waals surface area contributed by atoms with E-state index < -0.39 is 15.7 Å². The van der Waals surface area contributed by atoms with Gasteiger partial charge in [-0.1, -0.05) is 79.0 Å². The summed E-state index contributed by atoms with van der Waals surface area (Å²) < 4.78 is 19.9. The van der Waals surface area contributed by atoms with E-state index in [2.05, 4.69) is 19.9 Å². The van der Waals surface area contributed by atoms with Crippen molar-refractivity contribution in [2.45, 2.75) is 74.0 Å². The number of aromatic amines is 3. The van der Waals surface area contributed by atoms with Gasteiger partial charge >= 0.3 is 0 Å². The van der Waals surface area contributed by atoms with E-state index in [1.807, 2.05) is 110 Å². The predicted octanol–water partition coefficient (Wildman–Crippen LogP) is 16.0. The van der Waals surface area contributed by atoms with Gasteiger partial charge in [0, 0.05) is 151 Å². The van der Waals surface area contributed by atoms with E-state index in [0.717, 1.165) is 79.9 Å². The van der Waals surface area contributed by atoms with Crippen molar-refractivity contribution >= 4 is 95.5 Å². The number of carbonyl (C=O) groups is 3. The van der Waals surface area contributed by atoms with Crippen molar-refractivity contribution in [3.63, 3.8) is 0 Å². The number of carbonyl (C=O) groups excluding carboxylic acids is 3. The van der Waals surface area contributed by atoms with Crippen LogP contribution in [0, 0.1) is 33.0 Å². The van der Waals surface area contributed by atoms with Crippen molar-refractivity contribution in [2.75, 3.05) is 0 Å². The van der Waals surface area contributed by atoms with Gasteiger partial charge in [0.2, 0.25) is 0 Å². The van der Waals surface area contributed by atoms with Gasteiger partial charge in [0.05, 0.1) is 52.1 Å². The van der Waals surface area contributed by atoms with Crippen LogP contribution in [0.2, 0.25) is 10.2 Å². The highest BCUT2D eigenvalue weighted by Crippen LogP contribution is 2.40. The first-order valence-electron chi connectivity index (χ1n) is 30.5. The Hall–Kier alpha value is -11.5. The second-order valence-corrected chi connectivity index (χ2v) is 23.7. The molecule has 0 atom stereocenters. The fourth-order valence-corrected chi connectivity index (χ4v) is 12.7. The summed E-state index contributed by atoms with van der Waals surface area (Å²) in [5.41, 5.74) is 10.3. The topological polar surface area (TPSA) is 264 Å².